The highest BCUT2D eigenvalue weighted by Gasteiger charge is 2.17. The standard InChI is InChI=1S/C13H22ClN3O/c1-10(2)7-17(8-11(3)4)12(18)9-16-6-5-15-13(16)14/h5-6,10-11H,7-9H2,1-4H3. The lowest BCUT2D eigenvalue weighted by molar-refractivity contribution is -0.132. The molecule has 5 heteroatoms. The van der Waals surface area contributed by atoms with E-state index in [0.29, 0.717) is 17.1 Å². The zero-order chi connectivity index (χ0) is 13.7. The number of halogens is 1. The highest BCUT2D eigenvalue weighted by molar-refractivity contribution is 6.28. The maximum Gasteiger partial charge on any atom is 0.242 e. The minimum Gasteiger partial charge on any atom is -0.341 e. The highest BCUT2D eigenvalue weighted by atomic mass is 35.5. The smallest absolute Gasteiger partial charge is 0.242 e. The number of imidazole rings is 1. The molecule has 1 aromatic rings. The number of rotatable bonds is 6. The van der Waals surface area contributed by atoms with E-state index in [4.69, 9.17) is 11.6 Å². The van der Waals surface area contributed by atoms with Crippen molar-refractivity contribution >= 4 is 17.5 Å². The van der Waals surface area contributed by atoms with Gasteiger partial charge in [-0.2, -0.15) is 0 Å². The zero-order valence-electron chi connectivity index (χ0n) is 11.6. The fraction of sp³-hybridized carbons (Fsp3) is 0.692. The summed E-state index contributed by atoms with van der Waals surface area (Å²) in [6.45, 7) is 10.3. The van der Waals surface area contributed by atoms with Crippen LogP contribution in [-0.4, -0.2) is 33.4 Å². The summed E-state index contributed by atoms with van der Waals surface area (Å²) in [5.74, 6) is 1.02. The van der Waals surface area contributed by atoms with E-state index >= 15 is 0 Å². The van der Waals surface area contributed by atoms with Crippen molar-refractivity contribution in [3.63, 3.8) is 0 Å². The molecule has 0 spiro atoms. The highest BCUT2D eigenvalue weighted by Crippen LogP contribution is 2.09. The van der Waals surface area contributed by atoms with Gasteiger partial charge in [-0.1, -0.05) is 27.7 Å². The molecule has 1 aromatic heterocycles. The third-order valence-electron chi connectivity index (χ3n) is 2.49. The van der Waals surface area contributed by atoms with Crippen molar-refractivity contribution in [1.82, 2.24) is 14.5 Å². The lowest BCUT2D eigenvalue weighted by atomic mass is 10.1. The van der Waals surface area contributed by atoms with Gasteiger partial charge in [0.15, 0.2) is 0 Å². The minimum absolute atomic E-state index is 0.0947. The van der Waals surface area contributed by atoms with Gasteiger partial charge in [-0.15, -0.1) is 0 Å². The van der Waals surface area contributed by atoms with E-state index in [2.05, 4.69) is 32.7 Å². The van der Waals surface area contributed by atoms with Crippen molar-refractivity contribution < 1.29 is 4.79 Å². The van der Waals surface area contributed by atoms with Crippen LogP contribution in [0.2, 0.25) is 5.28 Å². The first-order chi connectivity index (χ1) is 8.40. The van der Waals surface area contributed by atoms with E-state index in [9.17, 15) is 4.79 Å². The van der Waals surface area contributed by atoms with Crippen molar-refractivity contribution in [1.29, 1.82) is 0 Å². The molecule has 0 aliphatic carbocycles. The molecule has 0 fully saturated rings. The van der Waals surface area contributed by atoms with Gasteiger partial charge in [0.25, 0.3) is 0 Å². The van der Waals surface area contributed by atoms with E-state index in [0.717, 1.165) is 13.1 Å². The van der Waals surface area contributed by atoms with Crippen molar-refractivity contribution in [2.75, 3.05) is 13.1 Å². The molecule has 1 rings (SSSR count). The first-order valence-corrected chi connectivity index (χ1v) is 6.72. The van der Waals surface area contributed by atoms with Gasteiger partial charge in [0.2, 0.25) is 11.2 Å². The number of hydrogen-bond acceptors (Lipinski definition) is 2. The van der Waals surface area contributed by atoms with Gasteiger partial charge in [-0.05, 0) is 23.4 Å². The second-order valence-corrected chi connectivity index (χ2v) is 5.75. The summed E-state index contributed by atoms with van der Waals surface area (Å²) in [6.07, 6.45) is 3.33. The summed E-state index contributed by atoms with van der Waals surface area (Å²) < 4.78 is 1.66. The van der Waals surface area contributed by atoms with Crippen molar-refractivity contribution in [3.05, 3.63) is 17.7 Å². The molecule has 0 saturated carbocycles. The Morgan fingerprint density at radius 1 is 1.33 bits per heavy atom. The van der Waals surface area contributed by atoms with E-state index in [1.54, 1.807) is 17.0 Å². The number of hydrogen-bond donors (Lipinski definition) is 0. The normalized spacial score (nSPS) is 11.3. The second kappa shape index (κ2) is 6.78. The van der Waals surface area contributed by atoms with Crippen LogP contribution in [0.1, 0.15) is 27.7 Å². The lowest BCUT2D eigenvalue weighted by Gasteiger charge is -2.26. The lowest BCUT2D eigenvalue weighted by Crippen LogP contribution is -2.39. The average molecular weight is 272 g/mol. The van der Waals surface area contributed by atoms with Gasteiger partial charge < -0.3 is 9.47 Å². The van der Waals surface area contributed by atoms with Gasteiger partial charge in [-0.25, -0.2) is 4.98 Å². The number of carbonyl (C=O) groups excluding carboxylic acids is 1. The molecular formula is C13H22ClN3O. The van der Waals surface area contributed by atoms with Crippen molar-refractivity contribution in [3.8, 4) is 0 Å². The largest absolute Gasteiger partial charge is 0.341 e. The maximum absolute atomic E-state index is 12.3. The van der Waals surface area contributed by atoms with E-state index in [-0.39, 0.29) is 12.5 Å². The molecule has 0 unspecified atom stereocenters. The van der Waals surface area contributed by atoms with Gasteiger partial charge in [0.05, 0.1) is 0 Å². The van der Waals surface area contributed by atoms with E-state index < -0.39 is 0 Å². The van der Waals surface area contributed by atoms with Crippen LogP contribution in [0, 0.1) is 11.8 Å². The number of amides is 1. The molecule has 4 nitrogen and oxygen atoms in total. The van der Waals surface area contributed by atoms with Crippen LogP contribution in [0.4, 0.5) is 0 Å². The Labute approximate surface area is 114 Å². The third-order valence-corrected chi connectivity index (χ3v) is 2.81. The van der Waals surface area contributed by atoms with Crippen LogP contribution in [0.5, 0.6) is 0 Å². The van der Waals surface area contributed by atoms with Gasteiger partial charge in [0, 0.05) is 25.5 Å². The Balaban J connectivity index is 2.67. The number of aromatic nitrogens is 2. The predicted molar refractivity (Wildman–Crippen MR) is 73.5 cm³/mol. The second-order valence-electron chi connectivity index (χ2n) is 5.41. The Morgan fingerprint density at radius 3 is 2.28 bits per heavy atom. The summed E-state index contributed by atoms with van der Waals surface area (Å²) in [6, 6.07) is 0. The van der Waals surface area contributed by atoms with E-state index in [1.807, 2.05) is 4.90 Å². The molecule has 0 atom stereocenters. The van der Waals surface area contributed by atoms with E-state index in [1.165, 1.54) is 0 Å². The molecule has 0 N–H and O–H groups in total. The Hall–Kier alpha value is -1.03. The summed E-state index contributed by atoms with van der Waals surface area (Å²) >= 11 is 5.88. The topological polar surface area (TPSA) is 38.1 Å². The molecule has 0 aliphatic heterocycles. The third kappa shape index (κ3) is 4.69. The molecule has 0 radical (unpaired) electrons. The Kier molecular flexibility index (Phi) is 5.66. The SMILES string of the molecule is CC(C)CN(CC(C)C)C(=O)Cn1ccnc1Cl. The summed E-state index contributed by atoms with van der Waals surface area (Å²) in [4.78, 5) is 18.1. The maximum atomic E-state index is 12.3. The molecular weight excluding hydrogens is 250 g/mol. The van der Waals surface area contributed by atoms with Crippen LogP contribution in [-0.2, 0) is 11.3 Å². The fourth-order valence-corrected chi connectivity index (χ4v) is 2.01. The van der Waals surface area contributed by atoms with Crippen LogP contribution in [0.3, 0.4) is 0 Å². The van der Waals surface area contributed by atoms with Gasteiger partial charge in [0.1, 0.15) is 6.54 Å². The molecule has 0 aromatic carbocycles. The zero-order valence-corrected chi connectivity index (χ0v) is 12.3. The fourth-order valence-electron chi connectivity index (χ4n) is 1.83. The molecule has 0 bridgehead atoms. The quantitative estimate of drug-likeness (QED) is 0.798. The predicted octanol–water partition coefficient (Wildman–Crippen LogP) is 2.68. The minimum atomic E-state index is 0.0947. The summed E-state index contributed by atoms with van der Waals surface area (Å²) in [5.41, 5.74) is 0. The van der Waals surface area contributed by atoms with Crippen LogP contribution >= 0.6 is 11.6 Å². The van der Waals surface area contributed by atoms with Gasteiger partial charge >= 0.3 is 0 Å². The van der Waals surface area contributed by atoms with Crippen LogP contribution < -0.4 is 0 Å². The molecule has 18 heavy (non-hydrogen) atoms. The first kappa shape index (κ1) is 15.0. The van der Waals surface area contributed by atoms with Crippen molar-refractivity contribution in [2.24, 2.45) is 11.8 Å². The Morgan fingerprint density at radius 2 is 1.89 bits per heavy atom. The molecule has 1 amide bonds. The average Bonchev–Trinajstić information content (AvgIpc) is 2.62. The number of carbonyl (C=O) groups is 1. The summed E-state index contributed by atoms with van der Waals surface area (Å²) in [7, 11) is 0. The summed E-state index contributed by atoms with van der Waals surface area (Å²) in [5, 5.41) is 0.359. The Bertz CT molecular complexity index is 377. The molecule has 102 valence electrons. The van der Waals surface area contributed by atoms with Gasteiger partial charge in [-0.3, -0.25) is 4.79 Å². The number of nitrogens with zero attached hydrogens (tertiary/aromatic N) is 3. The monoisotopic (exact) mass is 271 g/mol. The van der Waals surface area contributed by atoms with Crippen LogP contribution in [0.15, 0.2) is 12.4 Å². The first-order valence-electron chi connectivity index (χ1n) is 6.34. The molecule has 0 aliphatic rings. The molecule has 0 saturated heterocycles. The van der Waals surface area contributed by atoms with Crippen molar-refractivity contribution in [2.45, 2.75) is 34.2 Å². The molecule has 1 heterocycles. The van der Waals surface area contributed by atoms with Crippen LogP contribution in [0.25, 0.3) is 0 Å².